The van der Waals surface area contributed by atoms with Gasteiger partial charge in [-0.25, -0.2) is 8.78 Å². The van der Waals surface area contributed by atoms with Crippen molar-refractivity contribution in [1.82, 2.24) is 9.80 Å². The summed E-state index contributed by atoms with van der Waals surface area (Å²) in [6.45, 7) is 12.6. The normalized spacial score (nSPS) is 24.4. The van der Waals surface area contributed by atoms with Gasteiger partial charge in [0, 0.05) is 32.1 Å². The van der Waals surface area contributed by atoms with E-state index in [1.807, 2.05) is 4.90 Å². The van der Waals surface area contributed by atoms with Gasteiger partial charge < -0.3 is 9.80 Å². The Morgan fingerprint density at radius 1 is 0.933 bits per heavy atom. The van der Waals surface area contributed by atoms with Crippen LogP contribution in [-0.4, -0.2) is 47.8 Å². The molecule has 30 heavy (non-hydrogen) atoms. The van der Waals surface area contributed by atoms with Crippen LogP contribution < -0.4 is 0 Å². The smallest absolute Gasteiger partial charge is 0.259 e. The van der Waals surface area contributed by atoms with Gasteiger partial charge >= 0.3 is 0 Å². The molecule has 3 aliphatic rings. The Hall–Kier alpha value is -1.98. The van der Waals surface area contributed by atoms with Gasteiger partial charge in [-0.1, -0.05) is 33.8 Å². The van der Waals surface area contributed by atoms with E-state index in [0.29, 0.717) is 13.1 Å². The first-order valence-corrected chi connectivity index (χ1v) is 10.9. The minimum absolute atomic E-state index is 0.0132. The predicted octanol–water partition coefficient (Wildman–Crippen LogP) is 4.41. The molecule has 2 amide bonds. The standard InChI is InChI=1S/C24H32F2N2O2/c1-15-6-7-16(25)17(18(15)26)20(29)27-11-8-24(9-12-27)10-13-28(14-24)21(30)19-22(2,3)23(19,4)5/h6-7,19H,8-14H2,1-5H3. The van der Waals surface area contributed by atoms with Crippen molar-refractivity contribution in [2.24, 2.45) is 22.2 Å². The largest absolute Gasteiger partial charge is 0.342 e. The van der Waals surface area contributed by atoms with E-state index in [1.54, 1.807) is 4.90 Å². The Bertz CT molecular complexity index is 887. The number of nitrogens with zero attached hydrogens (tertiary/aromatic N) is 2. The van der Waals surface area contributed by atoms with E-state index in [0.717, 1.165) is 38.4 Å². The van der Waals surface area contributed by atoms with Crippen molar-refractivity contribution in [3.05, 3.63) is 34.9 Å². The second kappa shape index (κ2) is 6.76. The number of carbonyl (C=O) groups is 2. The number of rotatable bonds is 2. The third-order valence-electron chi connectivity index (χ3n) is 8.63. The highest BCUT2D eigenvalue weighted by molar-refractivity contribution is 5.95. The summed E-state index contributed by atoms with van der Waals surface area (Å²) in [6.07, 6.45) is 2.45. The van der Waals surface area contributed by atoms with Crippen LogP contribution >= 0.6 is 0 Å². The molecule has 3 fully saturated rings. The molecule has 1 aromatic carbocycles. The van der Waals surface area contributed by atoms with Crippen molar-refractivity contribution in [2.45, 2.75) is 53.9 Å². The highest BCUT2D eigenvalue weighted by Gasteiger charge is 2.69. The molecule has 2 heterocycles. The maximum Gasteiger partial charge on any atom is 0.259 e. The molecule has 6 heteroatoms. The zero-order valence-corrected chi connectivity index (χ0v) is 18.6. The third-order valence-corrected chi connectivity index (χ3v) is 8.63. The Labute approximate surface area is 177 Å². The average molecular weight is 419 g/mol. The summed E-state index contributed by atoms with van der Waals surface area (Å²) < 4.78 is 28.5. The number of hydrogen-bond donors (Lipinski definition) is 0. The fraction of sp³-hybridized carbons (Fsp3) is 0.667. The van der Waals surface area contributed by atoms with Crippen molar-refractivity contribution < 1.29 is 18.4 Å². The first-order valence-electron chi connectivity index (χ1n) is 10.9. The van der Waals surface area contributed by atoms with E-state index in [9.17, 15) is 18.4 Å². The van der Waals surface area contributed by atoms with Crippen molar-refractivity contribution in [2.75, 3.05) is 26.2 Å². The van der Waals surface area contributed by atoms with Crippen LogP contribution in [-0.2, 0) is 4.79 Å². The molecule has 4 rings (SSSR count). The van der Waals surface area contributed by atoms with Crippen LogP contribution in [0.1, 0.15) is 62.9 Å². The highest BCUT2D eigenvalue weighted by Crippen LogP contribution is 2.69. The number of halogens is 2. The van der Waals surface area contributed by atoms with Crippen molar-refractivity contribution in [3.63, 3.8) is 0 Å². The fourth-order valence-electron chi connectivity index (χ4n) is 5.72. The Kier molecular flexibility index (Phi) is 4.79. The van der Waals surface area contributed by atoms with Crippen LogP contribution in [0.15, 0.2) is 12.1 Å². The van der Waals surface area contributed by atoms with Gasteiger partial charge in [0.15, 0.2) is 0 Å². The lowest BCUT2D eigenvalue weighted by molar-refractivity contribution is -0.133. The number of amides is 2. The van der Waals surface area contributed by atoms with Crippen LogP contribution in [0, 0.1) is 40.7 Å². The van der Waals surface area contributed by atoms with Crippen LogP contribution in [0.3, 0.4) is 0 Å². The fourth-order valence-corrected chi connectivity index (χ4v) is 5.72. The van der Waals surface area contributed by atoms with Gasteiger partial charge in [-0.3, -0.25) is 9.59 Å². The summed E-state index contributed by atoms with van der Waals surface area (Å²) in [5.41, 5.74) is -0.120. The van der Waals surface area contributed by atoms with Crippen LogP contribution in [0.5, 0.6) is 0 Å². The molecule has 1 aromatic rings. The van der Waals surface area contributed by atoms with Gasteiger partial charge in [0.2, 0.25) is 5.91 Å². The van der Waals surface area contributed by atoms with Gasteiger partial charge in [-0.05, 0) is 54.1 Å². The van der Waals surface area contributed by atoms with Crippen LogP contribution in [0.4, 0.5) is 8.78 Å². The molecule has 0 atom stereocenters. The van der Waals surface area contributed by atoms with Gasteiger partial charge in [-0.2, -0.15) is 0 Å². The van der Waals surface area contributed by atoms with Gasteiger partial charge in [-0.15, -0.1) is 0 Å². The molecule has 0 unspecified atom stereocenters. The van der Waals surface area contributed by atoms with Crippen molar-refractivity contribution >= 4 is 11.8 Å². The lowest BCUT2D eigenvalue weighted by Gasteiger charge is -2.39. The number of piperidine rings is 1. The van der Waals surface area contributed by atoms with E-state index in [1.165, 1.54) is 13.0 Å². The van der Waals surface area contributed by atoms with Crippen molar-refractivity contribution in [3.8, 4) is 0 Å². The van der Waals surface area contributed by atoms with Crippen LogP contribution in [0.25, 0.3) is 0 Å². The second-order valence-corrected chi connectivity index (χ2v) is 10.7. The molecular weight excluding hydrogens is 386 g/mol. The quantitative estimate of drug-likeness (QED) is 0.714. The Morgan fingerprint density at radius 2 is 1.47 bits per heavy atom. The Morgan fingerprint density at radius 3 is 2.00 bits per heavy atom. The molecule has 0 bridgehead atoms. The van der Waals surface area contributed by atoms with Gasteiger partial charge in [0.05, 0.1) is 0 Å². The van der Waals surface area contributed by atoms with E-state index >= 15 is 0 Å². The van der Waals surface area contributed by atoms with E-state index < -0.39 is 23.1 Å². The summed E-state index contributed by atoms with van der Waals surface area (Å²) in [4.78, 5) is 29.5. The topological polar surface area (TPSA) is 40.6 Å². The van der Waals surface area contributed by atoms with E-state index in [4.69, 9.17) is 0 Å². The third kappa shape index (κ3) is 3.05. The zero-order chi connectivity index (χ0) is 22.1. The first-order chi connectivity index (χ1) is 13.9. The summed E-state index contributed by atoms with van der Waals surface area (Å²) >= 11 is 0. The Balaban J connectivity index is 1.40. The summed E-state index contributed by atoms with van der Waals surface area (Å²) in [6, 6.07) is 2.50. The summed E-state index contributed by atoms with van der Waals surface area (Å²) in [5, 5.41) is 0. The molecule has 4 nitrogen and oxygen atoms in total. The zero-order valence-electron chi connectivity index (χ0n) is 18.6. The monoisotopic (exact) mass is 418 g/mol. The van der Waals surface area contributed by atoms with E-state index in [-0.39, 0.29) is 33.6 Å². The summed E-state index contributed by atoms with van der Waals surface area (Å²) in [5.74, 6) is -1.84. The number of likely N-dealkylation sites (tertiary alicyclic amines) is 2. The predicted molar refractivity (Wildman–Crippen MR) is 111 cm³/mol. The molecular formula is C24H32F2N2O2. The average Bonchev–Trinajstić information content (AvgIpc) is 2.95. The molecule has 0 N–H and O–H groups in total. The molecule has 1 saturated carbocycles. The number of benzene rings is 1. The lowest BCUT2D eigenvalue weighted by Crippen LogP contribution is -2.45. The molecule has 0 aromatic heterocycles. The lowest BCUT2D eigenvalue weighted by atomic mass is 9.77. The van der Waals surface area contributed by atoms with Gasteiger partial charge in [0.1, 0.15) is 17.2 Å². The summed E-state index contributed by atoms with van der Waals surface area (Å²) in [7, 11) is 0. The molecule has 2 saturated heterocycles. The maximum atomic E-state index is 14.4. The number of carbonyl (C=O) groups excluding carboxylic acids is 2. The SMILES string of the molecule is Cc1ccc(F)c(C(=O)N2CCC3(CC2)CCN(C(=O)C2C(C)(C)C2(C)C)C3)c1F. The maximum absolute atomic E-state index is 14.4. The molecule has 1 aliphatic carbocycles. The highest BCUT2D eigenvalue weighted by atomic mass is 19.1. The number of hydrogen-bond acceptors (Lipinski definition) is 2. The minimum atomic E-state index is -0.810. The minimum Gasteiger partial charge on any atom is -0.342 e. The van der Waals surface area contributed by atoms with Crippen molar-refractivity contribution in [1.29, 1.82) is 0 Å². The van der Waals surface area contributed by atoms with Crippen LogP contribution in [0.2, 0.25) is 0 Å². The molecule has 164 valence electrons. The van der Waals surface area contributed by atoms with Gasteiger partial charge in [0.25, 0.3) is 5.91 Å². The first kappa shape index (κ1) is 21.3. The number of aryl methyl sites for hydroxylation is 1. The molecule has 2 aliphatic heterocycles. The second-order valence-electron chi connectivity index (χ2n) is 10.7. The molecule has 0 radical (unpaired) electrons. The molecule has 1 spiro atoms. The van der Waals surface area contributed by atoms with E-state index in [2.05, 4.69) is 27.7 Å².